The number of rotatable bonds is 6. The summed E-state index contributed by atoms with van der Waals surface area (Å²) < 4.78 is 175. The number of alkyl halides is 13. The molecule has 1 rings (SSSR count). The predicted octanol–water partition coefficient (Wildman–Crippen LogP) is 6.09. The summed E-state index contributed by atoms with van der Waals surface area (Å²) in [7, 11) is 0. The molecule has 0 spiro atoms. The van der Waals surface area contributed by atoms with E-state index in [9.17, 15) is 61.9 Å². The van der Waals surface area contributed by atoms with Crippen molar-refractivity contribution in [2.24, 2.45) is 11.3 Å². The van der Waals surface area contributed by atoms with Crippen LogP contribution >= 0.6 is 0 Å². The van der Waals surface area contributed by atoms with Gasteiger partial charge in [-0.1, -0.05) is 20.8 Å². The monoisotopic (exact) mass is 474 g/mol. The third-order valence-electron chi connectivity index (χ3n) is 4.56. The molecule has 0 aromatic heterocycles. The van der Waals surface area contributed by atoms with Crippen LogP contribution < -0.4 is 0 Å². The Balaban J connectivity index is 3.29. The van der Waals surface area contributed by atoms with Crippen molar-refractivity contribution in [2.75, 3.05) is 0 Å². The van der Waals surface area contributed by atoms with Crippen LogP contribution in [0.3, 0.4) is 0 Å². The van der Waals surface area contributed by atoms with Crippen LogP contribution in [-0.2, 0) is 9.53 Å². The second kappa shape index (κ2) is 7.04. The highest BCUT2D eigenvalue weighted by Gasteiger charge is 2.90. The number of carbonyl (C=O) groups excluding carboxylic acids is 1. The van der Waals surface area contributed by atoms with Gasteiger partial charge < -0.3 is 4.74 Å². The fourth-order valence-corrected chi connectivity index (χ4v) is 2.58. The summed E-state index contributed by atoms with van der Waals surface area (Å²) in [5.74, 6) is -41.0. The molecule has 0 saturated carbocycles. The predicted molar refractivity (Wildman–Crippen MR) is 72.8 cm³/mol. The second-order valence-corrected chi connectivity index (χ2v) is 7.93. The van der Waals surface area contributed by atoms with Crippen molar-refractivity contribution in [3.63, 3.8) is 0 Å². The third kappa shape index (κ3) is 3.92. The van der Waals surface area contributed by atoms with Crippen molar-refractivity contribution < 1.29 is 66.6 Å². The van der Waals surface area contributed by atoms with E-state index in [1.54, 1.807) is 0 Å². The summed E-state index contributed by atoms with van der Waals surface area (Å²) in [6.45, 7) is 4.27. The summed E-state index contributed by atoms with van der Waals surface area (Å²) in [5.41, 5.74) is -0.923. The van der Waals surface area contributed by atoms with E-state index in [-0.39, 0.29) is 0 Å². The first kappa shape index (κ1) is 26.6. The molecule has 30 heavy (non-hydrogen) atoms. The van der Waals surface area contributed by atoms with Crippen LogP contribution in [0.25, 0.3) is 0 Å². The minimum absolute atomic E-state index is 0.728. The SMILES string of the molecule is CC(C)(C)[C@H]1C[C@H](CC(F)(F)C(F)(F)C(F)(F)C(F)(F)C(F)(F)C(F)(F)F)C(=O)O1. The number of carbonyl (C=O) groups is 1. The zero-order chi connectivity index (χ0) is 24.4. The summed E-state index contributed by atoms with van der Waals surface area (Å²) in [4.78, 5) is 11.6. The van der Waals surface area contributed by atoms with Crippen molar-refractivity contribution in [3.8, 4) is 0 Å². The van der Waals surface area contributed by atoms with Gasteiger partial charge in [0.15, 0.2) is 0 Å². The van der Waals surface area contributed by atoms with E-state index in [0.717, 1.165) is 0 Å². The highest BCUT2D eigenvalue weighted by atomic mass is 19.4. The van der Waals surface area contributed by atoms with E-state index < -0.39 is 72.0 Å². The standard InChI is InChI=1S/C15H15F13O2/c1-9(2,3)7-4-6(8(29)30-7)5-10(16,17)11(18,19)12(20,21)13(22,23)14(24,25)15(26,27)28/h6-7H,4-5H2,1-3H3/t6-,7-/m1/s1. The smallest absolute Gasteiger partial charge is 0.460 e. The first-order valence-corrected chi connectivity index (χ1v) is 8.01. The number of halogens is 13. The molecule has 15 heteroatoms. The van der Waals surface area contributed by atoms with Crippen LogP contribution in [0.2, 0.25) is 0 Å². The van der Waals surface area contributed by atoms with Crippen LogP contribution in [0.4, 0.5) is 57.1 Å². The van der Waals surface area contributed by atoms with Crippen molar-refractivity contribution in [1.82, 2.24) is 0 Å². The lowest BCUT2D eigenvalue weighted by molar-refractivity contribution is -0.440. The van der Waals surface area contributed by atoms with Crippen molar-refractivity contribution in [3.05, 3.63) is 0 Å². The molecule has 2 atom stereocenters. The molecule has 1 aliphatic rings. The Bertz CT molecular complexity index is 660. The lowest BCUT2D eigenvalue weighted by Gasteiger charge is -2.40. The molecule has 178 valence electrons. The number of ether oxygens (including phenoxy) is 1. The molecule has 1 saturated heterocycles. The normalized spacial score (nSPS) is 23.0. The largest absolute Gasteiger partial charge is 0.462 e. The lowest BCUT2D eigenvalue weighted by Crippen LogP contribution is -2.70. The number of esters is 1. The molecule has 1 aliphatic heterocycles. The second-order valence-electron chi connectivity index (χ2n) is 7.93. The van der Waals surface area contributed by atoms with Crippen LogP contribution in [0.15, 0.2) is 0 Å². The van der Waals surface area contributed by atoms with E-state index in [4.69, 9.17) is 0 Å². The molecule has 0 bridgehead atoms. The lowest BCUT2D eigenvalue weighted by atomic mass is 9.82. The molecule has 0 amide bonds. The molecule has 1 fully saturated rings. The number of cyclic esters (lactones) is 1. The average molecular weight is 474 g/mol. The quantitative estimate of drug-likeness (QED) is 0.344. The van der Waals surface area contributed by atoms with Gasteiger partial charge in [-0.25, -0.2) is 0 Å². The highest BCUT2D eigenvalue weighted by molar-refractivity contribution is 5.74. The summed E-state index contributed by atoms with van der Waals surface area (Å²) >= 11 is 0. The molecule has 1 heterocycles. The molecular formula is C15H15F13O2. The van der Waals surface area contributed by atoms with Gasteiger partial charge in [-0.05, 0) is 11.8 Å². The van der Waals surface area contributed by atoms with Gasteiger partial charge in [0.05, 0.1) is 5.92 Å². The van der Waals surface area contributed by atoms with E-state index in [2.05, 4.69) is 4.74 Å². The third-order valence-corrected chi connectivity index (χ3v) is 4.56. The Labute approximate surface area is 160 Å². The molecular weight excluding hydrogens is 459 g/mol. The number of hydrogen-bond donors (Lipinski definition) is 0. The Morgan fingerprint density at radius 1 is 0.733 bits per heavy atom. The van der Waals surface area contributed by atoms with E-state index in [0.29, 0.717) is 0 Å². The summed E-state index contributed by atoms with van der Waals surface area (Å²) in [5, 5.41) is 0. The molecule has 0 unspecified atom stereocenters. The summed E-state index contributed by atoms with van der Waals surface area (Å²) in [6, 6.07) is 0. The molecule has 2 nitrogen and oxygen atoms in total. The Kier molecular flexibility index (Phi) is 6.24. The van der Waals surface area contributed by atoms with Crippen LogP contribution in [0.1, 0.15) is 33.6 Å². The van der Waals surface area contributed by atoms with Crippen LogP contribution in [0.5, 0.6) is 0 Å². The Morgan fingerprint density at radius 2 is 1.13 bits per heavy atom. The van der Waals surface area contributed by atoms with Gasteiger partial charge >= 0.3 is 41.8 Å². The molecule has 0 aromatic carbocycles. The average Bonchev–Trinajstić information content (AvgIpc) is 2.85. The molecule has 0 aliphatic carbocycles. The number of hydrogen-bond acceptors (Lipinski definition) is 2. The Hall–Kier alpha value is -1.44. The van der Waals surface area contributed by atoms with Crippen molar-refractivity contribution >= 4 is 5.97 Å². The van der Waals surface area contributed by atoms with Gasteiger partial charge in [0.25, 0.3) is 0 Å². The molecule has 0 radical (unpaired) electrons. The van der Waals surface area contributed by atoms with Gasteiger partial charge in [-0.3, -0.25) is 4.79 Å². The fraction of sp³-hybridized carbons (Fsp3) is 0.933. The van der Waals surface area contributed by atoms with Crippen molar-refractivity contribution in [1.29, 1.82) is 0 Å². The summed E-state index contributed by atoms with van der Waals surface area (Å²) in [6.07, 6.45) is -11.9. The van der Waals surface area contributed by atoms with Gasteiger partial charge in [0, 0.05) is 6.42 Å². The topological polar surface area (TPSA) is 26.3 Å². The fourth-order valence-electron chi connectivity index (χ4n) is 2.58. The molecule has 0 N–H and O–H groups in total. The van der Waals surface area contributed by atoms with Crippen molar-refractivity contribution in [2.45, 2.75) is 75.5 Å². The maximum absolute atomic E-state index is 13.9. The van der Waals surface area contributed by atoms with E-state index in [1.807, 2.05) is 0 Å². The first-order chi connectivity index (χ1) is 12.8. The first-order valence-electron chi connectivity index (χ1n) is 8.01. The van der Waals surface area contributed by atoms with E-state index in [1.165, 1.54) is 20.8 Å². The zero-order valence-electron chi connectivity index (χ0n) is 15.3. The van der Waals surface area contributed by atoms with Gasteiger partial charge in [0.1, 0.15) is 6.10 Å². The minimum atomic E-state index is -7.95. The zero-order valence-corrected chi connectivity index (χ0v) is 15.3. The molecule has 0 aromatic rings. The van der Waals surface area contributed by atoms with Gasteiger partial charge in [-0.2, -0.15) is 57.1 Å². The maximum atomic E-state index is 13.9. The Morgan fingerprint density at radius 3 is 1.47 bits per heavy atom. The minimum Gasteiger partial charge on any atom is -0.462 e. The van der Waals surface area contributed by atoms with Gasteiger partial charge in [0.2, 0.25) is 0 Å². The van der Waals surface area contributed by atoms with Gasteiger partial charge in [-0.15, -0.1) is 0 Å². The van der Waals surface area contributed by atoms with Crippen LogP contribution in [-0.4, -0.2) is 47.9 Å². The van der Waals surface area contributed by atoms with E-state index >= 15 is 0 Å². The highest BCUT2D eigenvalue weighted by Crippen LogP contribution is 2.61. The maximum Gasteiger partial charge on any atom is 0.460 e. The van der Waals surface area contributed by atoms with Crippen LogP contribution in [0, 0.1) is 11.3 Å².